The summed E-state index contributed by atoms with van der Waals surface area (Å²) in [5, 5.41) is 1.04. The van der Waals surface area contributed by atoms with Crippen LogP contribution in [0.25, 0.3) is 11.0 Å². The van der Waals surface area contributed by atoms with Crippen LogP contribution in [0.15, 0.2) is 28.9 Å². The van der Waals surface area contributed by atoms with Crippen molar-refractivity contribution in [2.45, 2.75) is 19.8 Å². The number of methoxy groups -OCH3 is 1. The minimum Gasteiger partial charge on any atom is -0.493 e. The molecule has 92 valence electrons. The highest BCUT2D eigenvalue weighted by atomic mass is 16.5. The van der Waals surface area contributed by atoms with Crippen LogP contribution in [0.2, 0.25) is 0 Å². The van der Waals surface area contributed by atoms with Crippen LogP contribution in [-0.2, 0) is 11.2 Å². The monoisotopic (exact) mass is 234 g/mol. The normalized spacial score (nSPS) is 10.9. The van der Waals surface area contributed by atoms with E-state index in [1.165, 1.54) is 5.56 Å². The maximum atomic E-state index is 5.78. The Bertz CT molecular complexity index is 473. The molecule has 0 aliphatic rings. The van der Waals surface area contributed by atoms with Crippen molar-refractivity contribution in [3.8, 4) is 5.75 Å². The molecular formula is C14H18O3. The van der Waals surface area contributed by atoms with E-state index in [-0.39, 0.29) is 0 Å². The zero-order valence-corrected chi connectivity index (χ0v) is 10.4. The van der Waals surface area contributed by atoms with Gasteiger partial charge in [-0.3, -0.25) is 0 Å². The molecule has 0 aliphatic carbocycles. The van der Waals surface area contributed by atoms with E-state index in [1.807, 2.05) is 6.07 Å². The third kappa shape index (κ3) is 2.80. The molecule has 0 radical (unpaired) electrons. The lowest BCUT2D eigenvalue weighted by molar-refractivity contribution is 0.172. The Labute approximate surface area is 101 Å². The van der Waals surface area contributed by atoms with Gasteiger partial charge < -0.3 is 13.9 Å². The quantitative estimate of drug-likeness (QED) is 0.718. The molecule has 17 heavy (non-hydrogen) atoms. The summed E-state index contributed by atoms with van der Waals surface area (Å²) in [5.74, 6) is 0.907. The molecular weight excluding hydrogens is 216 g/mol. The summed E-state index contributed by atoms with van der Waals surface area (Å²) >= 11 is 0. The highest BCUT2D eigenvalue weighted by molar-refractivity contribution is 5.84. The number of hydrogen-bond acceptors (Lipinski definition) is 3. The van der Waals surface area contributed by atoms with Gasteiger partial charge >= 0.3 is 0 Å². The third-order valence-electron chi connectivity index (χ3n) is 2.75. The number of furan rings is 1. The predicted molar refractivity (Wildman–Crippen MR) is 67.6 cm³/mol. The van der Waals surface area contributed by atoms with Crippen LogP contribution in [0.3, 0.4) is 0 Å². The second-order valence-corrected chi connectivity index (χ2v) is 3.97. The van der Waals surface area contributed by atoms with Gasteiger partial charge in [-0.15, -0.1) is 0 Å². The van der Waals surface area contributed by atoms with Crippen LogP contribution in [0.4, 0.5) is 0 Å². The number of hydrogen-bond donors (Lipinski definition) is 0. The fourth-order valence-corrected chi connectivity index (χ4v) is 1.80. The molecule has 0 fully saturated rings. The molecule has 2 rings (SSSR count). The van der Waals surface area contributed by atoms with Crippen LogP contribution >= 0.6 is 0 Å². The van der Waals surface area contributed by atoms with E-state index >= 15 is 0 Å². The molecule has 3 nitrogen and oxygen atoms in total. The first-order chi connectivity index (χ1) is 8.35. The zero-order valence-electron chi connectivity index (χ0n) is 10.4. The Kier molecular flexibility index (Phi) is 4.04. The number of benzene rings is 1. The molecule has 1 aromatic carbocycles. The van der Waals surface area contributed by atoms with Crippen molar-refractivity contribution in [3.63, 3.8) is 0 Å². The maximum Gasteiger partial charge on any atom is 0.137 e. The SMILES string of the molecule is CCc1cc(OCCCOC)c2ccoc2c1. The first-order valence-corrected chi connectivity index (χ1v) is 5.97. The predicted octanol–water partition coefficient (Wildman–Crippen LogP) is 3.41. The molecule has 0 bridgehead atoms. The summed E-state index contributed by atoms with van der Waals surface area (Å²) in [4.78, 5) is 0. The second kappa shape index (κ2) is 5.73. The Hall–Kier alpha value is -1.48. The van der Waals surface area contributed by atoms with Gasteiger partial charge in [-0.25, -0.2) is 0 Å². The van der Waals surface area contributed by atoms with E-state index in [4.69, 9.17) is 13.9 Å². The van der Waals surface area contributed by atoms with Crippen LogP contribution in [0, 0.1) is 0 Å². The number of aryl methyl sites for hydroxylation is 1. The molecule has 0 spiro atoms. The number of fused-ring (bicyclic) bond motifs is 1. The van der Waals surface area contributed by atoms with Crippen LogP contribution < -0.4 is 4.74 Å². The van der Waals surface area contributed by atoms with E-state index in [0.717, 1.165) is 36.2 Å². The largest absolute Gasteiger partial charge is 0.493 e. The lowest BCUT2D eigenvalue weighted by Crippen LogP contribution is -2.01. The smallest absolute Gasteiger partial charge is 0.137 e. The lowest BCUT2D eigenvalue weighted by Gasteiger charge is -2.08. The molecule has 0 amide bonds. The van der Waals surface area contributed by atoms with Crippen molar-refractivity contribution in [1.82, 2.24) is 0 Å². The molecule has 0 atom stereocenters. The molecule has 1 aromatic heterocycles. The molecule has 2 aromatic rings. The second-order valence-electron chi connectivity index (χ2n) is 3.97. The Morgan fingerprint density at radius 2 is 2.12 bits per heavy atom. The van der Waals surface area contributed by atoms with Crippen LogP contribution in [-0.4, -0.2) is 20.3 Å². The summed E-state index contributed by atoms with van der Waals surface area (Å²) in [6.45, 7) is 3.52. The molecule has 0 unspecified atom stereocenters. The summed E-state index contributed by atoms with van der Waals surface area (Å²) < 4.78 is 16.2. The fraction of sp³-hybridized carbons (Fsp3) is 0.429. The van der Waals surface area contributed by atoms with Gasteiger partial charge in [-0.1, -0.05) is 6.92 Å². The number of ether oxygens (including phenoxy) is 2. The molecule has 0 aliphatic heterocycles. The fourth-order valence-electron chi connectivity index (χ4n) is 1.80. The molecule has 1 heterocycles. The van der Waals surface area contributed by atoms with Gasteiger partial charge in [0.15, 0.2) is 0 Å². The van der Waals surface area contributed by atoms with Crippen molar-refractivity contribution in [2.24, 2.45) is 0 Å². The molecule has 3 heteroatoms. The average Bonchev–Trinajstić information content (AvgIpc) is 2.82. The first kappa shape index (κ1) is 12.0. The van der Waals surface area contributed by atoms with Gasteiger partial charge in [-0.2, -0.15) is 0 Å². The number of rotatable bonds is 6. The summed E-state index contributed by atoms with van der Waals surface area (Å²) in [6.07, 6.45) is 3.57. The lowest BCUT2D eigenvalue weighted by atomic mass is 10.1. The average molecular weight is 234 g/mol. The Morgan fingerprint density at radius 1 is 1.24 bits per heavy atom. The van der Waals surface area contributed by atoms with Gasteiger partial charge in [0.2, 0.25) is 0 Å². The van der Waals surface area contributed by atoms with Crippen molar-refractivity contribution >= 4 is 11.0 Å². The third-order valence-corrected chi connectivity index (χ3v) is 2.75. The van der Waals surface area contributed by atoms with Gasteiger partial charge in [0.25, 0.3) is 0 Å². The van der Waals surface area contributed by atoms with Gasteiger partial charge in [-0.05, 0) is 30.2 Å². The topological polar surface area (TPSA) is 31.6 Å². The standard InChI is InChI=1S/C14H18O3/c1-3-11-9-13(16-7-4-6-15-2)12-5-8-17-14(12)10-11/h5,8-10H,3-4,6-7H2,1-2H3. The van der Waals surface area contributed by atoms with Gasteiger partial charge in [0.1, 0.15) is 11.3 Å². The molecule has 0 N–H and O–H groups in total. The van der Waals surface area contributed by atoms with Crippen molar-refractivity contribution in [1.29, 1.82) is 0 Å². The van der Waals surface area contributed by atoms with E-state index in [0.29, 0.717) is 6.61 Å². The van der Waals surface area contributed by atoms with Crippen LogP contribution in [0.5, 0.6) is 5.75 Å². The van der Waals surface area contributed by atoms with Gasteiger partial charge in [0, 0.05) is 20.1 Å². The molecule has 0 saturated carbocycles. The Morgan fingerprint density at radius 3 is 2.88 bits per heavy atom. The van der Waals surface area contributed by atoms with E-state index in [9.17, 15) is 0 Å². The van der Waals surface area contributed by atoms with Crippen molar-refractivity contribution in [3.05, 3.63) is 30.0 Å². The van der Waals surface area contributed by atoms with Crippen molar-refractivity contribution < 1.29 is 13.9 Å². The van der Waals surface area contributed by atoms with E-state index in [1.54, 1.807) is 13.4 Å². The summed E-state index contributed by atoms with van der Waals surface area (Å²) in [7, 11) is 1.70. The highest BCUT2D eigenvalue weighted by Gasteiger charge is 2.07. The minimum absolute atomic E-state index is 0.668. The maximum absolute atomic E-state index is 5.78. The summed E-state index contributed by atoms with van der Waals surface area (Å²) in [5.41, 5.74) is 2.13. The van der Waals surface area contributed by atoms with Gasteiger partial charge in [0.05, 0.1) is 18.3 Å². The first-order valence-electron chi connectivity index (χ1n) is 5.97. The van der Waals surface area contributed by atoms with E-state index < -0.39 is 0 Å². The van der Waals surface area contributed by atoms with Crippen LogP contribution in [0.1, 0.15) is 18.9 Å². The molecule has 0 saturated heterocycles. The minimum atomic E-state index is 0.668. The zero-order chi connectivity index (χ0) is 12.1. The van der Waals surface area contributed by atoms with E-state index in [2.05, 4.69) is 19.1 Å². The van der Waals surface area contributed by atoms with Crippen molar-refractivity contribution in [2.75, 3.05) is 20.3 Å². The Balaban J connectivity index is 2.16. The highest BCUT2D eigenvalue weighted by Crippen LogP contribution is 2.29. The summed E-state index contributed by atoms with van der Waals surface area (Å²) in [6, 6.07) is 6.10.